The van der Waals surface area contributed by atoms with Crippen LogP contribution in [0.2, 0.25) is 0 Å². The number of benzene rings is 1. The highest BCUT2D eigenvalue weighted by Crippen LogP contribution is 2.30. The van der Waals surface area contributed by atoms with Gasteiger partial charge >= 0.3 is 5.97 Å². The second kappa shape index (κ2) is 13.9. The van der Waals surface area contributed by atoms with E-state index >= 15 is 0 Å². The lowest BCUT2D eigenvalue weighted by Crippen LogP contribution is -2.07. The van der Waals surface area contributed by atoms with Gasteiger partial charge in [0, 0.05) is 12.5 Å². The molecule has 0 unspecified atom stereocenters. The zero-order valence-electron chi connectivity index (χ0n) is 18.6. The SMILES string of the molecule is CCOC(=O)CCCOc1cc(/C=C/C(=O)c2c(OC)cccc2OC)ncc1OC.Cl. The van der Waals surface area contributed by atoms with E-state index in [4.69, 9.17) is 23.7 Å². The van der Waals surface area contributed by atoms with Gasteiger partial charge in [0.25, 0.3) is 0 Å². The van der Waals surface area contributed by atoms with Crippen LogP contribution in [0, 0.1) is 0 Å². The molecule has 32 heavy (non-hydrogen) atoms. The number of rotatable bonds is 12. The molecule has 0 amide bonds. The first kappa shape index (κ1) is 26.8. The third-order valence-electron chi connectivity index (χ3n) is 4.24. The van der Waals surface area contributed by atoms with Crippen molar-refractivity contribution in [3.05, 3.63) is 47.8 Å². The van der Waals surface area contributed by atoms with Crippen molar-refractivity contribution in [2.45, 2.75) is 19.8 Å². The molecule has 174 valence electrons. The van der Waals surface area contributed by atoms with Gasteiger partial charge in [-0.05, 0) is 37.6 Å². The second-order valence-corrected chi connectivity index (χ2v) is 6.25. The van der Waals surface area contributed by atoms with Crippen molar-refractivity contribution in [2.75, 3.05) is 34.5 Å². The van der Waals surface area contributed by atoms with E-state index < -0.39 is 0 Å². The standard InChI is InChI=1S/C23H27NO7.ClH/c1-5-30-22(26)10-7-13-31-20-14-16(24-15-21(20)29-4)11-12-17(25)23-18(27-2)8-6-9-19(23)28-3;/h6,8-9,11-12,14-15H,5,7,10,13H2,1-4H3;1H/b12-11+;. The lowest BCUT2D eigenvalue weighted by molar-refractivity contribution is -0.143. The molecule has 0 N–H and O–H groups in total. The van der Waals surface area contributed by atoms with Crippen molar-refractivity contribution in [2.24, 2.45) is 0 Å². The zero-order chi connectivity index (χ0) is 22.6. The predicted octanol–water partition coefficient (Wildman–Crippen LogP) is 4.15. The van der Waals surface area contributed by atoms with Crippen molar-refractivity contribution in [3.8, 4) is 23.0 Å². The predicted molar refractivity (Wildman–Crippen MR) is 122 cm³/mol. The van der Waals surface area contributed by atoms with Crippen LogP contribution in [0.4, 0.5) is 0 Å². The summed E-state index contributed by atoms with van der Waals surface area (Å²) in [6.07, 6.45) is 5.23. The minimum atomic E-state index is -0.288. The molecule has 1 aromatic heterocycles. The molecular weight excluding hydrogens is 438 g/mol. The Morgan fingerprint density at radius 1 is 1.00 bits per heavy atom. The number of nitrogens with zero attached hydrogens (tertiary/aromatic N) is 1. The molecule has 1 heterocycles. The first-order chi connectivity index (χ1) is 15.0. The summed E-state index contributed by atoms with van der Waals surface area (Å²) in [7, 11) is 4.49. The average molecular weight is 466 g/mol. The molecule has 0 saturated carbocycles. The number of pyridine rings is 1. The van der Waals surface area contributed by atoms with Gasteiger partial charge in [0.2, 0.25) is 0 Å². The maximum absolute atomic E-state index is 12.7. The summed E-state index contributed by atoms with van der Waals surface area (Å²) in [6, 6.07) is 6.79. The van der Waals surface area contributed by atoms with Gasteiger partial charge in [0.15, 0.2) is 17.3 Å². The maximum Gasteiger partial charge on any atom is 0.305 e. The highest BCUT2D eigenvalue weighted by Gasteiger charge is 2.16. The molecule has 0 aliphatic heterocycles. The smallest absolute Gasteiger partial charge is 0.305 e. The highest BCUT2D eigenvalue weighted by atomic mass is 35.5. The Balaban J connectivity index is 0.00000512. The number of hydrogen-bond acceptors (Lipinski definition) is 8. The van der Waals surface area contributed by atoms with Crippen LogP contribution in [0.5, 0.6) is 23.0 Å². The third kappa shape index (κ3) is 7.46. The number of ether oxygens (including phenoxy) is 5. The summed E-state index contributed by atoms with van der Waals surface area (Å²) >= 11 is 0. The van der Waals surface area contributed by atoms with Crippen LogP contribution in [-0.4, -0.2) is 51.3 Å². The van der Waals surface area contributed by atoms with E-state index in [1.54, 1.807) is 37.3 Å². The van der Waals surface area contributed by atoms with Gasteiger partial charge in [-0.3, -0.25) is 14.6 Å². The zero-order valence-corrected chi connectivity index (χ0v) is 19.4. The molecule has 1 aromatic carbocycles. The molecule has 0 spiro atoms. The normalized spacial score (nSPS) is 10.2. The number of aromatic nitrogens is 1. The molecule has 0 fully saturated rings. The number of allylic oxidation sites excluding steroid dienone is 1. The van der Waals surface area contributed by atoms with E-state index in [1.807, 2.05) is 0 Å². The Hall–Kier alpha value is -3.26. The minimum Gasteiger partial charge on any atom is -0.496 e. The summed E-state index contributed by atoms with van der Waals surface area (Å²) in [5.74, 6) is 1.20. The van der Waals surface area contributed by atoms with Gasteiger partial charge in [0.05, 0.1) is 46.4 Å². The fourth-order valence-corrected chi connectivity index (χ4v) is 2.77. The summed E-state index contributed by atoms with van der Waals surface area (Å²) in [6.45, 7) is 2.42. The molecule has 2 rings (SSSR count). The van der Waals surface area contributed by atoms with Gasteiger partial charge in [0.1, 0.15) is 17.1 Å². The Morgan fingerprint density at radius 3 is 2.25 bits per heavy atom. The Kier molecular flexibility index (Phi) is 11.7. The van der Waals surface area contributed by atoms with E-state index in [2.05, 4.69) is 4.98 Å². The number of methoxy groups -OCH3 is 3. The van der Waals surface area contributed by atoms with Gasteiger partial charge in [-0.2, -0.15) is 0 Å². The summed E-state index contributed by atoms with van der Waals surface area (Å²) in [5.41, 5.74) is 0.830. The fourth-order valence-electron chi connectivity index (χ4n) is 2.77. The number of esters is 1. The van der Waals surface area contributed by atoms with Crippen LogP contribution < -0.4 is 18.9 Å². The van der Waals surface area contributed by atoms with Crippen LogP contribution in [0.1, 0.15) is 35.8 Å². The summed E-state index contributed by atoms with van der Waals surface area (Å²) in [4.78, 5) is 28.4. The van der Waals surface area contributed by atoms with Crippen molar-refractivity contribution in [3.63, 3.8) is 0 Å². The van der Waals surface area contributed by atoms with Crippen molar-refractivity contribution < 1.29 is 33.3 Å². The number of halogens is 1. The number of ketones is 1. The third-order valence-corrected chi connectivity index (χ3v) is 4.24. The molecular formula is C23H28ClNO7. The van der Waals surface area contributed by atoms with Gasteiger partial charge in [-0.15, -0.1) is 12.4 Å². The number of carbonyl (C=O) groups is 2. The molecule has 0 radical (unpaired) electrons. The minimum absolute atomic E-state index is 0. The van der Waals surface area contributed by atoms with Gasteiger partial charge in [-0.25, -0.2) is 0 Å². The molecule has 0 saturated heterocycles. The molecule has 0 aliphatic carbocycles. The van der Waals surface area contributed by atoms with Gasteiger partial charge in [-0.1, -0.05) is 6.07 Å². The van der Waals surface area contributed by atoms with Crippen molar-refractivity contribution in [1.29, 1.82) is 0 Å². The lowest BCUT2D eigenvalue weighted by Gasteiger charge is -2.11. The first-order valence-electron chi connectivity index (χ1n) is 9.79. The number of carbonyl (C=O) groups excluding carboxylic acids is 2. The van der Waals surface area contributed by atoms with Crippen molar-refractivity contribution in [1.82, 2.24) is 4.98 Å². The fraction of sp³-hybridized carbons (Fsp3) is 0.348. The van der Waals surface area contributed by atoms with Crippen LogP contribution in [0.3, 0.4) is 0 Å². The molecule has 9 heteroatoms. The van der Waals surface area contributed by atoms with E-state index in [-0.39, 0.29) is 30.6 Å². The Morgan fingerprint density at radius 2 is 1.66 bits per heavy atom. The molecule has 8 nitrogen and oxygen atoms in total. The van der Waals surface area contributed by atoms with E-state index in [9.17, 15) is 9.59 Å². The van der Waals surface area contributed by atoms with E-state index in [0.717, 1.165) is 0 Å². The van der Waals surface area contributed by atoms with E-state index in [1.165, 1.54) is 33.6 Å². The summed E-state index contributed by atoms with van der Waals surface area (Å²) < 4.78 is 26.4. The molecule has 0 atom stereocenters. The van der Waals surface area contributed by atoms with Gasteiger partial charge < -0.3 is 23.7 Å². The quantitative estimate of drug-likeness (QED) is 0.200. The Labute approximate surface area is 193 Å². The largest absolute Gasteiger partial charge is 0.496 e. The second-order valence-electron chi connectivity index (χ2n) is 6.25. The van der Waals surface area contributed by atoms with Crippen molar-refractivity contribution >= 4 is 30.2 Å². The molecule has 0 bridgehead atoms. The van der Waals surface area contributed by atoms with Crippen LogP contribution in [0.15, 0.2) is 36.5 Å². The monoisotopic (exact) mass is 465 g/mol. The topological polar surface area (TPSA) is 93.2 Å². The maximum atomic E-state index is 12.7. The molecule has 2 aromatic rings. The first-order valence-corrected chi connectivity index (χ1v) is 9.79. The lowest BCUT2D eigenvalue weighted by atomic mass is 10.1. The Bertz CT molecular complexity index is 908. The number of hydrogen-bond donors (Lipinski definition) is 0. The summed E-state index contributed by atoms with van der Waals surface area (Å²) in [5, 5.41) is 0. The molecule has 0 aliphatic rings. The highest BCUT2D eigenvalue weighted by molar-refractivity contribution is 6.10. The van der Waals surface area contributed by atoms with E-state index in [0.29, 0.717) is 53.9 Å². The van der Waals surface area contributed by atoms with Crippen LogP contribution in [0.25, 0.3) is 6.08 Å². The average Bonchev–Trinajstić information content (AvgIpc) is 2.79. The van der Waals surface area contributed by atoms with Crippen LogP contribution in [-0.2, 0) is 9.53 Å². The van der Waals surface area contributed by atoms with Crippen LogP contribution >= 0.6 is 12.4 Å².